The zero-order valence-electron chi connectivity index (χ0n) is 11.4. The van der Waals surface area contributed by atoms with Crippen LogP contribution in [0.15, 0.2) is 48.0 Å². The van der Waals surface area contributed by atoms with Gasteiger partial charge in [-0.05, 0) is 42.0 Å². The molecule has 22 heavy (non-hydrogen) atoms. The number of allylic oxidation sites excluding steroid dienone is 1. The van der Waals surface area contributed by atoms with Gasteiger partial charge in [-0.15, -0.1) is 0 Å². The summed E-state index contributed by atoms with van der Waals surface area (Å²) >= 11 is 0. The highest BCUT2D eigenvalue weighted by Crippen LogP contribution is 2.33. The summed E-state index contributed by atoms with van der Waals surface area (Å²) in [6.07, 6.45) is 1.44. The number of fused-ring (bicyclic) bond motifs is 1. The summed E-state index contributed by atoms with van der Waals surface area (Å²) in [6, 6.07) is 13.0. The van der Waals surface area contributed by atoms with Crippen molar-refractivity contribution in [3.05, 3.63) is 59.2 Å². The number of hydrogen-bond donors (Lipinski definition) is 1. The first kappa shape index (κ1) is 13.7. The molecule has 0 aromatic heterocycles. The molecule has 2 aromatic rings. The van der Waals surface area contributed by atoms with Crippen LogP contribution in [0.25, 0.3) is 6.08 Å². The van der Waals surface area contributed by atoms with Crippen LogP contribution in [-0.4, -0.2) is 17.7 Å². The van der Waals surface area contributed by atoms with E-state index in [1.807, 2.05) is 6.07 Å². The minimum Gasteiger partial charge on any atom is -0.508 e. The van der Waals surface area contributed by atoms with Crippen molar-refractivity contribution in [3.8, 4) is 23.3 Å². The monoisotopic (exact) mass is 293 g/mol. The Hall–Kier alpha value is -3.26. The van der Waals surface area contributed by atoms with E-state index >= 15 is 0 Å². The van der Waals surface area contributed by atoms with Gasteiger partial charge in [0.05, 0.1) is 0 Å². The van der Waals surface area contributed by atoms with E-state index < -0.39 is 5.78 Å². The summed E-state index contributed by atoms with van der Waals surface area (Å²) in [4.78, 5) is 12.4. The summed E-state index contributed by atoms with van der Waals surface area (Å²) in [7, 11) is 0. The molecule has 0 bridgehead atoms. The molecule has 0 unspecified atom stereocenters. The second kappa shape index (κ2) is 5.62. The number of carbonyl (C=O) groups is 1. The van der Waals surface area contributed by atoms with E-state index in [1.54, 1.807) is 30.3 Å². The minimum atomic E-state index is -0.413. The Balaban J connectivity index is 1.94. The van der Waals surface area contributed by atoms with Crippen molar-refractivity contribution in [2.75, 3.05) is 6.79 Å². The molecule has 0 fully saturated rings. The molecule has 2 aromatic carbocycles. The highest BCUT2D eigenvalue weighted by atomic mass is 16.7. The summed E-state index contributed by atoms with van der Waals surface area (Å²) < 4.78 is 10.4. The molecular formula is C17H11NO4. The van der Waals surface area contributed by atoms with Crippen LogP contribution in [0.5, 0.6) is 17.2 Å². The standard InChI is InChI=1S/C17H11NO4/c18-9-13(6-11-2-1-3-14(19)7-11)17(20)12-4-5-15-16(8-12)22-10-21-15/h1-8,19H,10H2. The topological polar surface area (TPSA) is 79.5 Å². The molecule has 0 radical (unpaired) electrons. The molecular weight excluding hydrogens is 282 g/mol. The first-order valence-corrected chi connectivity index (χ1v) is 6.52. The second-order valence-electron chi connectivity index (χ2n) is 4.66. The number of hydrogen-bond acceptors (Lipinski definition) is 5. The number of ketones is 1. The molecule has 0 atom stereocenters. The lowest BCUT2D eigenvalue weighted by atomic mass is 10.0. The molecule has 1 N–H and O–H groups in total. The van der Waals surface area contributed by atoms with Gasteiger partial charge < -0.3 is 14.6 Å². The highest BCUT2D eigenvalue weighted by Gasteiger charge is 2.18. The Labute approximate surface area is 126 Å². The smallest absolute Gasteiger partial charge is 0.231 e. The molecule has 1 heterocycles. The van der Waals surface area contributed by atoms with Gasteiger partial charge >= 0.3 is 0 Å². The third-order valence-electron chi connectivity index (χ3n) is 3.18. The van der Waals surface area contributed by atoms with Crippen LogP contribution in [0.4, 0.5) is 0 Å². The van der Waals surface area contributed by atoms with Crippen LogP contribution in [0.2, 0.25) is 0 Å². The maximum absolute atomic E-state index is 12.4. The average Bonchev–Trinajstić information content (AvgIpc) is 2.99. The number of benzene rings is 2. The Morgan fingerprint density at radius 1 is 1.18 bits per heavy atom. The first-order valence-electron chi connectivity index (χ1n) is 6.52. The third-order valence-corrected chi connectivity index (χ3v) is 3.18. The molecule has 1 aliphatic heterocycles. The number of phenols is 1. The minimum absolute atomic E-state index is 0.0236. The zero-order chi connectivity index (χ0) is 15.5. The third kappa shape index (κ3) is 2.63. The van der Waals surface area contributed by atoms with E-state index in [9.17, 15) is 15.2 Å². The van der Waals surface area contributed by atoms with Crippen molar-refractivity contribution in [2.45, 2.75) is 0 Å². The van der Waals surface area contributed by atoms with Crippen LogP contribution >= 0.6 is 0 Å². The Morgan fingerprint density at radius 3 is 2.77 bits per heavy atom. The molecule has 0 amide bonds. The quantitative estimate of drug-likeness (QED) is 0.534. The van der Waals surface area contributed by atoms with E-state index in [0.29, 0.717) is 22.6 Å². The van der Waals surface area contributed by atoms with Gasteiger partial charge in [0.2, 0.25) is 12.6 Å². The lowest BCUT2D eigenvalue weighted by Crippen LogP contribution is -2.01. The largest absolute Gasteiger partial charge is 0.508 e. The Morgan fingerprint density at radius 2 is 2.00 bits per heavy atom. The van der Waals surface area contributed by atoms with Crippen molar-refractivity contribution in [3.63, 3.8) is 0 Å². The molecule has 0 saturated heterocycles. The number of carbonyl (C=O) groups excluding carboxylic acids is 1. The lowest BCUT2D eigenvalue weighted by molar-refractivity contribution is 0.103. The Kier molecular flexibility index (Phi) is 3.50. The van der Waals surface area contributed by atoms with E-state index in [1.165, 1.54) is 18.2 Å². The van der Waals surface area contributed by atoms with Gasteiger partial charge in [0.1, 0.15) is 17.4 Å². The fourth-order valence-electron chi connectivity index (χ4n) is 2.12. The van der Waals surface area contributed by atoms with Gasteiger partial charge in [0.15, 0.2) is 11.5 Å². The van der Waals surface area contributed by atoms with Crippen LogP contribution in [0, 0.1) is 11.3 Å². The fourth-order valence-corrected chi connectivity index (χ4v) is 2.12. The number of nitrogens with zero attached hydrogens (tertiary/aromatic N) is 1. The van der Waals surface area contributed by atoms with Crippen LogP contribution in [0.3, 0.4) is 0 Å². The molecule has 5 nitrogen and oxygen atoms in total. The molecule has 0 aliphatic carbocycles. The summed E-state index contributed by atoms with van der Waals surface area (Å²) in [6.45, 7) is 0.122. The molecule has 0 spiro atoms. The Bertz CT molecular complexity index is 818. The van der Waals surface area contributed by atoms with Crippen molar-refractivity contribution in [2.24, 2.45) is 0 Å². The average molecular weight is 293 g/mol. The van der Waals surface area contributed by atoms with Gasteiger partial charge in [-0.25, -0.2) is 0 Å². The van der Waals surface area contributed by atoms with E-state index in [-0.39, 0.29) is 18.1 Å². The van der Waals surface area contributed by atoms with Crippen molar-refractivity contribution < 1.29 is 19.4 Å². The van der Waals surface area contributed by atoms with Gasteiger partial charge in [-0.1, -0.05) is 12.1 Å². The first-order chi connectivity index (χ1) is 10.7. The number of nitriles is 1. The number of Topliss-reactive ketones (excluding diaryl/α,β-unsaturated/α-hetero) is 1. The molecule has 1 aliphatic rings. The van der Waals surface area contributed by atoms with E-state index in [4.69, 9.17) is 9.47 Å². The highest BCUT2D eigenvalue weighted by molar-refractivity contribution is 6.14. The van der Waals surface area contributed by atoms with E-state index in [2.05, 4.69) is 0 Å². The van der Waals surface area contributed by atoms with Crippen LogP contribution in [-0.2, 0) is 0 Å². The number of phenolic OH excluding ortho intramolecular Hbond substituents is 1. The maximum atomic E-state index is 12.4. The number of ether oxygens (including phenoxy) is 2. The van der Waals surface area contributed by atoms with E-state index in [0.717, 1.165) is 0 Å². The van der Waals surface area contributed by atoms with Gasteiger partial charge in [-0.3, -0.25) is 4.79 Å². The molecule has 3 rings (SSSR count). The van der Waals surface area contributed by atoms with Crippen LogP contribution < -0.4 is 9.47 Å². The molecule has 0 saturated carbocycles. The number of rotatable bonds is 3. The molecule has 108 valence electrons. The number of aromatic hydroxyl groups is 1. The van der Waals surface area contributed by atoms with Crippen molar-refractivity contribution in [1.29, 1.82) is 5.26 Å². The zero-order valence-corrected chi connectivity index (χ0v) is 11.4. The summed E-state index contributed by atoms with van der Waals surface area (Å²) in [5, 5.41) is 18.7. The fraction of sp³-hybridized carbons (Fsp3) is 0.0588. The normalized spacial score (nSPS) is 12.8. The lowest BCUT2D eigenvalue weighted by Gasteiger charge is -2.02. The summed E-state index contributed by atoms with van der Waals surface area (Å²) in [5.74, 6) is 0.721. The second-order valence-corrected chi connectivity index (χ2v) is 4.66. The van der Waals surface area contributed by atoms with Crippen molar-refractivity contribution in [1.82, 2.24) is 0 Å². The van der Waals surface area contributed by atoms with Gasteiger partial charge in [0.25, 0.3) is 0 Å². The maximum Gasteiger partial charge on any atom is 0.231 e. The molecule has 5 heteroatoms. The van der Waals surface area contributed by atoms with Crippen molar-refractivity contribution >= 4 is 11.9 Å². The van der Waals surface area contributed by atoms with Crippen LogP contribution in [0.1, 0.15) is 15.9 Å². The SMILES string of the molecule is N#CC(=Cc1cccc(O)c1)C(=O)c1ccc2c(c1)OCO2. The van der Waals surface area contributed by atoms with Gasteiger partial charge in [-0.2, -0.15) is 5.26 Å². The van der Waals surface area contributed by atoms with Gasteiger partial charge in [0, 0.05) is 5.56 Å². The summed E-state index contributed by atoms with van der Waals surface area (Å²) in [5.41, 5.74) is 0.896. The predicted octanol–water partition coefficient (Wildman–Crippen LogP) is 2.91. The predicted molar refractivity (Wildman–Crippen MR) is 78.6 cm³/mol.